The fraction of sp³-hybridized carbons (Fsp3) is 0.627. The summed E-state index contributed by atoms with van der Waals surface area (Å²) >= 11 is 0. The van der Waals surface area contributed by atoms with Gasteiger partial charge in [-0.2, -0.15) is 0 Å². The Morgan fingerprint density at radius 2 is 0.887 bits per heavy atom. The lowest BCUT2D eigenvalue weighted by molar-refractivity contribution is -0.142. The molecule has 0 unspecified atom stereocenters. The summed E-state index contributed by atoms with van der Waals surface area (Å²) in [5.74, 6) is -15.5. The van der Waals surface area contributed by atoms with Crippen molar-refractivity contribution in [2.45, 2.75) is 174 Å². The topological polar surface area (TPSA) is 498 Å². The number of nitrogens with two attached hydrogens (primary N) is 4. The summed E-state index contributed by atoms with van der Waals surface area (Å²) in [5.41, 5.74) is 22.5. The number of phenols is 1. The van der Waals surface area contributed by atoms with Crippen molar-refractivity contribution >= 4 is 77.0 Å². The van der Waals surface area contributed by atoms with E-state index in [4.69, 9.17) is 28.0 Å². The normalized spacial score (nSPS) is 15.2. The van der Waals surface area contributed by atoms with Crippen molar-refractivity contribution < 1.29 is 78.0 Å². The van der Waals surface area contributed by atoms with Gasteiger partial charge in [-0.1, -0.05) is 80.4 Å². The highest BCUT2D eigenvalue weighted by Crippen LogP contribution is 2.16. The van der Waals surface area contributed by atoms with Crippen molar-refractivity contribution in [2.24, 2.45) is 51.6 Å². The maximum atomic E-state index is 14.3. The highest BCUT2D eigenvalue weighted by Gasteiger charge is 2.38. The second-order valence-electron chi connectivity index (χ2n) is 20.2. The number of aliphatic imine (C=N–C) groups is 1. The molecule has 0 saturated heterocycles. The molecular formula is C51H83N13O16. The number of nitrogens with zero attached hydrogens (tertiary/aromatic N) is 1. The second kappa shape index (κ2) is 34.7. The average molecular weight is 1130 g/mol. The van der Waals surface area contributed by atoms with Crippen molar-refractivity contribution in [3.05, 3.63) is 29.8 Å². The van der Waals surface area contributed by atoms with E-state index in [-0.39, 0.29) is 56.8 Å². The maximum absolute atomic E-state index is 14.3. The first kappa shape index (κ1) is 69.9. The Morgan fingerprint density at radius 3 is 1.29 bits per heavy atom. The number of hydrogen-bond donors (Lipinski definition) is 16. The second-order valence-corrected chi connectivity index (χ2v) is 20.2. The molecule has 0 heterocycles. The van der Waals surface area contributed by atoms with E-state index in [1.54, 1.807) is 55.4 Å². The first-order valence-corrected chi connectivity index (χ1v) is 26.3. The summed E-state index contributed by atoms with van der Waals surface area (Å²) in [6.45, 7) is 12.8. The first-order valence-electron chi connectivity index (χ1n) is 26.3. The highest BCUT2D eigenvalue weighted by atomic mass is 16.4. The minimum Gasteiger partial charge on any atom is -0.508 e. The van der Waals surface area contributed by atoms with Gasteiger partial charge >= 0.3 is 17.9 Å². The molecule has 1 aromatic rings. The summed E-state index contributed by atoms with van der Waals surface area (Å²) < 4.78 is 0. The third kappa shape index (κ3) is 25.1. The molecule has 1 aromatic carbocycles. The van der Waals surface area contributed by atoms with Crippen molar-refractivity contribution in [1.82, 2.24) is 42.5 Å². The Labute approximate surface area is 464 Å². The summed E-state index contributed by atoms with van der Waals surface area (Å²) in [6, 6.07) is -7.75. The number of carboxylic acids is 3. The van der Waals surface area contributed by atoms with E-state index in [0.29, 0.717) is 5.56 Å². The fourth-order valence-corrected chi connectivity index (χ4v) is 7.75. The van der Waals surface area contributed by atoms with Gasteiger partial charge in [0.2, 0.25) is 53.2 Å². The van der Waals surface area contributed by atoms with Crippen LogP contribution in [0.2, 0.25) is 0 Å². The number of rotatable bonds is 37. The van der Waals surface area contributed by atoms with Crippen LogP contribution in [0.15, 0.2) is 29.3 Å². The molecule has 0 fully saturated rings. The molecule has 0 aromatic heterocycles. The van der Waals surface area contributed by atoms with Crippen molar-refractivity contribution in [3.8, 4) is 5.75 Å². The van der Waals surface area contributed by atoms with Gasteiger partial charge < -0.3 is 85.9 Å². The van der Waals surface area contributed by atoms with E-state index in [9.17, 15) is 72.9 Å². The average Bonchev–Trinajstić information content (AvgIpc) is 3.37. The molecule has 1 rings (SSSR count). The third-order valence-corrected chi connectivity index (χ3v) is 13.0. The maximum Gasteiger partial charge on any atom is 0.326 e. The lowest BCUT2D eigenvalue weighted by atomic mass is 9.95. The summed E-state index contributed by atoms with van der Waals surface area (Å²) in [7, 11) is 0. The minimum atomic E-state index is -1.66. The number of primary amides is 1. The summed E-state index contributed by atoms with van der Waals surface area (Å²) in [6.07, 6.45) is -2.54. The van der Waals surface area contributed by atoms with Gasteiger partial charge in [0.05, 0.1) is 12.5 Å². The Hall–Kier alpha value is -8.11. The number of hydrogen-bond acceptors (Lipinski definition) is 15. The number of nitrogens with one attached hydrogen (secondary N) is 8. The van der Waals surface area contributed by atoms with Gasteiger partial charge in [0, 0.05) is 25.8 Å². The Kier molecular flexibility index (Phi) is 30.3. The predicted octanol–water partition coefficient (Wildman–Crippen LogP) is -2.71. The van der Waals surface area contributed by atoms with Crippen LogP contribution in [0.5, 0.6) is 5.75 Å². The molecule has 0 spiro atoms. The van der Waals surface area contributed by atoms with E-state index in [1.165, 1.54) is 24.3 Å². The fourth-order valence-electron chi connectivity index (χ4n) is 7.75. The minimum absolute atomic E-state index is 0.0443. The molecule has 20 N–H and O–H groups in total. The molecule has 0 radical (unpaired) electrons. The lowest BCUT2D eigenvalue weighted by Gasteiger charge is -2.31. The number of amides is 9. The molecule has 0 aliphatic rings. The highest BCUT2D eigenvalue weighted by molar-refractivity contribution is 5.98. The van der Waals surface area contributed by atoms with E-state index >= 15 is 0 Å². The van der Waals surface area contributed by atoms with Crippen LogP contribution < -0.4 is 65.5 Å². The Morgan fingerprint density at radius 1 is 0.500 bits per heavy atom. The zero-order chi connectivity index (χ0) is 61.1. The third-order valence-electron chi connectivity index (χ3n) is 13.0. The first-order chi connectivity index (χ1) is 37.3. The summed E-state index contributed by atoms with van der Waals surface area (Å²) in [5, 5.41) is 58.4. The zero-order valence-corrected chi connectivity index (χ0v) is 46.5. The van der Waals surface area contributed by atoms with Crippen LogP contribution >= 0.6 is 0 Å². The van der Waals surface area contributed by atoms with Gasteiger partial charge in [-0.25, -0.2) is 4.79 Å². The standard InChI is InChI=1S/C51H83N13O16/c1-9-26(7)40(48(77)58-32(17-19-35(53)66)44(73)60-34(50(79)80)22-28-13-15-29(65)16-14-28)64-47(76)39(25(5)6)62-45(74)31(12-11-21-56-51(54)55)57-43(72)33(18-20-36(67)68)59-49(78)41(27(8)10-2)63-46(75)38(24(3)4)61-42(71)30(52)23-37(69)70/h13-16,24-27,30-34,38-41,65H,9-12,17-23,52H2,1-8H3,(H2,53,66)(H,57,72)(H,58,77)(H,59,78)(H,60,73)(H,61,71)(H,62,74)(H,63,75)(H,64,76)(H,67,68)(H,69,70)(H,79,80)(H4,54,55,56)/t26-,27-,30-,31-,32-,33-,34-,38-,39-,40-,41-/m0/s1. The molecule has 0 saturated carbocycles. The number of aliphatic carboxylic acids is 3. The molecule has 29 nitrogen and oxygen atoms in total. The molecule has 29 heteroatoms. The van der Waals surface area contributed by atoms with E-state index in [2.05, 4.69) is 47.5 Å². The molecule has 0 aliphatic carbocycles. The quantitative estimate of drug-likeness (QED) is 0.0183. The molecule has 11 atom stereocenters. The Bertz CT molecular complexity index is 2350. The molecule has 9 amide bonds. The zero-order valence-electron chi connectivity index (χ0n) is 46.5. The van der Waals surface area contributed by atoms with Gasteiger partial charge in [0.15, 0.2) is 5.96 Å². The number of carboxylic acid groups (broad SMARTS) is 3. The largest absolute Gasteiger partial charge is 0.508 e. The van der Waals surface area contributed by atoms with Gasteiger partial charge in [0.25, 0.3) is 0 Å². The van der Waals surface area contributed by atoms with Crippen LogP contribution in [0.1, 0.15) is 119 Å². The summed E-state index contributed by atoms with van der Waals surface area (Å²) in [4.78, 5) is 162. The van der Waals surface area contributed by atoms with Crippen LogP contribution in [-0.4, -0.2) is 158 Å². The SMILES string of the molecule is CC[C@H](C)[C@H](NC(=O)[C@@H](NC(=O)[C@H](CCCN=C(N)N)NC(=O)[C@H](CCC(=O)O)NC(=O)[C@@H](NC(=O)[C@@H](NC(=O)[C@@H](N)CC(=O)O)C(C)C)[C@@H](C)CC)C(C)C)C(=O)N[C@@H](CCC(N)=O)C(=O)N[C@@H](Cc1ccc(O)cc1)C(=O)O. The van der Waals surface area contributed by atoms with Gasteiger partial charge in [-0.05, 0) is 67.1 Å². The number of carbonyl (C=O) groups excluding carboxylic acids is 9. The molecule has 80 heavy (non-hydrogen) atoms. The van der Waals surface area contributed by atoms with E-state index in [0.717, 1.165) is 0 Å². The number of carbonyl (C=O) groups is 12. The van der Waals surface area contributed by atoms with Crippen molar-refractivity contribution in [3.63, 3.8) is 0 Å². The molecule has 0 bridgehead atoms. The van der Waals surface area contributed by atoms with Crippen LogP contribution in [0.3, 0.4) is 0 Å². The van der Waals surface area contributed by atoms with Crippen molar-refractivity contribution in [1.29, 1.82) is 0 Å². The van der Waals surface area contributed by atoms with Gasteiger partial charge in [-0.3, -0.25) is 57.7 Å². The predicted molar refractivity (Wildman–Crippen MR) is 289 cm³/mol. The monoisotopic (exact) mass is 1130 g/mol. The van der Waals surface area contributed by atoms with Crippen LogP contribution in [0.4, 0.5) is 0 Å². The van der Waals surface area contributed by atoms with Crippen LogP contribution in [0.25, 0.3) is 0 Å². The molecule has 0 aliphatic heterocycles. The molecule has 448 valence electrons. The number of guanidine groups is 1. The van der Waals surface area contributed by atoms with Gasteiger partial charge in [-0.15, -0.1) is 0 Å². The number of benzene rings is 1. The van der Waals surface area contributed by atoms with E-state index < -0.39 is 175 Å². The smallest absolute Gasteiger partial charge is 0.326 e. The molecular weight excluding hydrogens is 1050 g/mol. The van der Waals surface area contributed by atoms with Gasteiger partial charge in [0.1, 0.15) is 54.1 Å². The lowest BCUT2D eigenvalue weighted by Crippen LogP contribution is -2.62. The van der Waals surface area contributed by atoms with E-state index in [1.807, 2.05) is 0 Å². The van der Waals surface area contributed by atoms with Crippen LogP contribution in [0, 0.1) is 23.7 Å². The number of phenolic OH excluding ortho intramolecular Hbond substituents is 1. The Balaban J connectivity index is 3.58. The van der Waals surface area contributed by atoms with Crippen molar-refractivity contribution in [2.75, 3.05) is 6.54 Å². The number of aromatic hydroxyl groups is 1. The van der Waals surface area contributed by atoms with Crippen LogP contribution in [-0.2, 0) is 64.0 Å².